The maximum Gasteiger partial charge on any atom is 0.149 e. The van der Waals surface area contributed by atoms with E-state index in [1.165, 1.54) is 0 Å². The molecule has 0 fully saturated rings. The molecular formula is C15H10BrN3OS. The van der Waals surface area contributed by atoms with E-state index in [2.05, 4.69) is 32.0 Å². The number of aromatic nitrogens is 2. The molecule has 0 aliphatic heterocycles. The van der Waals surface area contributed by atoms with Crippen LogP contribution in [-0.4, -0.2) is 17.1 Å². The van der Waals surface area contributed by atoms with Crippen LogP contribution in [0.3, 0.4) is 0 Å². The Balaban J connectivity index is 2.05. The number of halogens is 1. The molecule has 0 aliphatic rings. The number of nitrogens with zero attached hydrogens (tertiary/aromatic N) is 2. The van der Waals surface area contributed by atoms with Crippen LogP contribution in [0.25, 0.3) is 22.7 Å². The number of methoxy groups -OCH3 is 1. The van der Waals surface area contributed by atoms with Crippen molar-refractivity contribution in [2.24, 2.45) is 0 Å². The van der Waals surface area contributed by atoms with Gasteiger partial charge in [-0.05, 0) is 40.2 Å². The summed E-state index contributed by atoms with van der Waals surface area (Å²) in [7, 11) is 1.62. The number of aromatic amines is 1. The summed E-state index contributed by atoms with van der Waals surface area (Å²) in [6.07, 6.45) is 1.82. The third-order valence-electron chi connectivity index (χ3n) is 2.94. The summed E-state index contributed by atoms with van der Waals surface area (Å²) in [5.41, 5.74) is 2.15. The van der Waals surface area contributed by atoms with E-state index >= 15 is 0 Å². The second-order valence-electron chi connectivity index (χ2n) is 4.31. The van der Waals surface area contributed by atoms with Gasteiger partial charge in [0.2, 0.25) is 0 Å². The van der Waals surface area contributed by atoms with Crippen LogP contribution in [0.5, 0.6) is 5.75 Å². The Bertz CT molecular complexity index is 873. The van der Waals surface area contributed by atoms with Crippen LogP contribution in [0.2, 0.25) is 0 Å². The minimum atomic E-state index is 0.500. The van der Waals surface area contributed by atoms with E-state index in [-0.39, 0.29) is 0 Å². The first-order valence-electron chi connectivity index (χ1n) is 6.09. The molecule has 6 heteroatoms. The van der Waals surface area contributed by atoms with E-state index in [0.717, 1.165) is 26.1 Å². The zero-order valence-corrected chi connectivity index (χ0v) is 13.5. The maximum atomic E-state index is 9.36. The molecule has 0 bridgehead atoms. The van der Waals surface area contributed by atoms with E-state index < -0.39 is 0 Å². The molecule has 0 spiro atoms. The normalized spacial score (nSPS) is 11.6. The molecule has 4 nitrogen and oxygen atoms in total. The molecule has 21 heavy (non-hydrogen) atoms. The van der Waals surface area contributed by atoms with Gasteiger partial charge < -0.3 is 9.72 Å². The Kier molecular flexibility index (Phi) is 3.78. The Labute approximate surface area is 133 Å². The number of H-pyrrole nitrogens is 1. The number of thiophene rings is 1. The Morgan fingerprint density at radius 2 is 2.33 bits per heavy atom. The van der Waals surface area contributed by atoms with E-state index in [0.29, 0.717) is 11.4 Å². The molecule has 3 aromatic rings. The molecule has 0 atom stereocenters. The van der Waals surface area contributed by atoms with Gasteiger partial charge in [0.25, 0.3) is 0 Å². The van der Waals surface area contributed by atoms with Gasteiger partial charge in [-0.1, -0.05) is 0 Å². The smallest absolute Gasteiger partial charge is 0.149 e. The highest BCUT2D eigenvalue weighted by molar-refractivity contribution is 9.10. The van der Waals surface area contributed by atoms with Crippen molar-refractivity contribution in [2.45, 2.75) is 0 Å². The summed E-state index contributed by atoms with van der Waals surface area (Å²) in [5, 5.41) is 11.3. The zero-order valence-electron chi connectivity index (χ0n) is 11.1. The largest absolute Gasteiger partial charge is 0.497 e. The molecule has 3 rings (SSSR count). The van der Waals surface area contributed by atoms with Crippen LogP contribution in [-0.2, 0) is 0 Å². The number of nitriles is 1. The predicted molar refractivity (Wildman–Crippen MR) is 88.1 cm³/mol. The monoisotopic (exact) mass is 359 g/mol. The summed E-state index contributed by atoms with van der Waals surface area (Å²) < 4.78 is 6.19. The van der Waals surface area contributed by atoms with Crippen LogP contribution in [0.4, 0.5) is 0 Å². The number of ether oxygens (including phenoxy) is 1. The molecule has 1 N–H and O–H groups in total. The number of allylic oxidation sites excluding steroid dienone is 1. The summed E-state index contributed by atoms with van der Waals surface area (Å²) in [4.78, 5) is 8.61. The topological polar surface area (TPSA) is 61.7 Å². The molecule has 0 saturated carbocycles. The molecule has 0 unspecified atom stereocenters. The van der Waals surface area contributed by atoms with Gasteiger partial charge in [0.05, 0.1) is 23.7 Å². The summed E-state index contributed by atoms with van der Waals surface area (Å²) in [5.74, 6) is 1.31. The van der Waals surface area contributed by atoms with Gasteiger partial charge in [-0.15, -0.1) is 11.3 Å². The van der Waals surface area contributed by atoms with Gasteiger partial charge in [-0.3, -0.25) is 0 Å². The van der Waals surface area contributed by atoms with Crippen molar-refractivity contribution in [1.82, 2.24) is 9.97 Å². The van der Waals surface area contributed by atoms with Gasteiger partial charge in [-0.2, -0.15) is 5.26 Å². The van der Waals surface area contributed by atoms with E-state index in [1.807, 2.05) is 35.7 Å². The van der Waals surface area contributed by atoms with Crippen LogP contribution in [0.1, 0.15) is 10.7 Å². The summed E-state index contributed by atoms with van der Waals surface area (Å²) in [6, 6.07) is 9.74. The lowest BCUT2D eigenvalue weighted by Crippen LogP contribution is -1.83. The Morgan fingerprint density at radius 1 is 1.48 bits per heavy atom. The standard InChI is InChI=1S/C15H10BrN3OS/c1-20-11-2-3-13-14(6-11)19-15(18-13)9(7-17)4-12-5-10(16)8-21-12/h2-6,8H,1H3,(H,18,19)/b9-4-. The second kappa shape index (κ2) is 5.72. The van der Waals surface area contributed by atoms with Crippen molar-refractivity contribution in [2.75, 3.05) is 7.11 Å². The van der Waals surface area contributed by atoms with Gasteiger partial charge in [0.15, 0.2) is 0 Å². The number of imidazole rings is 1. The Hall–Kier alpha value is -2.10. The fourth-order valence-corrected chi connectivity index (χ4v) is 3.32. The molecule has 0 saturated heterocycles. The third kappa shape index (κ3) is 2.84. The first-order chi connectivity index (χ1) is 10.2. The van der Waals surface area contributed by atoms with Crippen molar-refractivity contribution >= 4 is 49.9 Å². The predicted octanol–water partition coefficient (Wildman–Crippen LogP) is 4.46. The molecule has 1 aromatic carbocycles. The first-order valence-corrected chi connectivity index (χ1v) is 7.77. The van der Waals surface area contributed by atoms with Crippen LogP contribution < -0.4 is 4.74 Å². The molecule has 0 radical (unpaired) electrons. The van der Waals surface area contributed by atoms with Crippen molar-refractivity contribution in [3.8, 4) is 11.8 Å². The van der Waals surface area contributed by atoms with E-state index in [9.17, 15) is 5.26 Å². The minimum Gasteiger partial charge on any atom is -0.497 e. The average molecular weight is 360 g/mol. The molecule has 2 aromatic heterocycles. The molecule has 0 aliphatic carbocycles. The molecule has 2 heterocycles. The van der Waals surface area contributed by atoms with Crippen molar-refractivity contribution in [3.05, 3.63) is 44.8 Å². The third-order valence-corrected chi connectivity index (χ3v) is 4.58. The SMILES string of the molecule is COc1ccc2nc(/C(C#N)=C\c3cc(Br)cs3)[nH]c2c1. The number of benzene rings is 1. The molecule has 0 amide bonds. The van der Waals surface area contributed by atoms with Crippen LogP contribution in [0.15, 0.2) is 34.1 Å². The summed E-state index contributed by atoms with van der Waals surface area (Å²) >= 11 is 4.97. The number of hydrogen-bond donors (Lipinski definition) is 1. The van der Waals surface area contributed by atoms with Gasteiger partial charge in [0, 0.05) is 20.8 Å². The van der Waals surface area contributed by atoms with Crippen molar-refractivity contribution < 1.29 is 4.74 Å². The fraction of sp³-hybridized carbons (Fsp3) is 0.0667. The fourth-order valence-electron chi connectivity index (χ4n) is 1.94. The van der Waals surface area contributed by atoms with Crippen LogP contribution in [0, 0.1) is 11.3 Å². The van der Waals surface area contributed by atoms with E-state index in [4.69, 9.17) is 4.74 Å². The molecular weight excluding hydrogens is 350 g/mol. The lowest BCUT2D eigenvalue weighted by atomic mass is 10.2. The van der Waals surface area contributed by atoms with Crippen molar-refractivity contribution in [1.29, 1.82) is 5.26 Å². The van der Waals surface area contributed by atoms with Gasteiger partial charge in [0.1, 0.15) is 17.6 Å². The van der Waals surface area contributed by atoms with E-state index in [1.54, 1.807) is 18.4 Å². The lowest BCUT2D eigenvalue weighted by Gasteiger charge is -1.96. The van der Waals surface area contributed by atoms with Gasteiger partial charge in [-0.25, -0.2) is 4.98 Å². The maximum absolute atomic E-state index is 9.36. The summed E-state index contributed by atoms with van der Waals surface area (Å²) in [6.45, 7) is 0. The first kappa shape index (κ1) is 13.9. The minimum absolute atomic E-state index is 0.500. The number of rotatable bonds is 3. The van der Waals surface area contributed by atoms with Crippen molar-refractivity contribution in [3.63, 3.8) is 0 Å². The van der Waals surface area contributed by atoms with Gasteiger partial charge >= 0.3 is 0 Å². The zero-order chi connectivity index (χ0) is 14.8. The highest BCUT2D eigenvalue weighted by Gasteiger charge is 2.09. The number of nitrogens with one attached hydrogen (secondary N) is 1. The van der Waals surface area contributed by atoms with Crippen LogP contribution >= 0.6 is 27.3 Å². The molecule has 104 valence electrons. The number of fused-ring (bicyclic) bond motifs is 1. The quantitative estimate of drug-likeness (QED) is 0.702. The number of hydrogen-bond acceptors (Lipinski definition) is 4. The Morgan fingerprint density at radius 3 is 3.00 bits per heavy atom. The lowest BCUT2D eigenvalue weighted by molar-refractivity contribution is 0.415. The highest BCUT2D eigenvalue weighted by atomic mass is 79.9. The highest BCUT2D eigenvalue weighted by Crippen LogP contribution is 2.26. The average Bonchev–Trinajstić information content (AvgIpc) is 3.09. The second-order valence-corrected chi connectivity index (χ2v) is 6.16.